The van der Waals surface area contributed by atoms with Crippen molar-refractivity contribution in [2.45, 2.75) is 58.2 Å². The fraction of sp³-hybridized carbons (Fsp3) is 0.579. The standard InChI is InChI=1S/C19H29BNO7P/c1-13(22)17(21-18(23)27-19(2,3)4)9-14-5-7-15(8-6-14)28-29(24)12-25-16(10-20)11-26-29/h5-8,16-17H,9-12,20H2,1-4H3,(H,21,23)/t16-,17-,29?/m0/s1. The highest BCUT2D eigenvalue weighted by atomic mass is 31.2. The minimum absolute atomic E-state index is 0.0657. The summed E-state index contributed by atoms with van der Waals surface area (Å²) < 4.78 is 34.2. The van der Waals surface area contributed by atoms with Gasteiger partial charge in [0.05, 0.1) is 18.8 Å². The van der Waals surface area contributed by atoms with Crippen LogP contribution in [0.1, 0.15) is 33.3 Å². The Labute approximate surface area is 172 Å². The highest BCUT2D eigenvalue weighted by molar-refractivity contribution is 7.54. The zero-order valence-electron chi connectivity index (χ0n) is 17.6. The Morgan fingerprint density at radius 2 is 1.97 bits per heavy atom. The lowest BCUT2D eigenvalue weighted by Gasteiger charge is -2.28. The van der Waals surface area contributed by atoms with Crippen LogP contribution < -0.4 is 9.84 Å². The van der Waals surface area contributed by atoms with Crippen molar-refractivity contribution < 1.29 is 32.7 Å². The number of ketones is 1. The molecule has 0 bridgehead atoms. The second-order valence-electron chi connectivity index (χ2n) is 7.98. The quantitative estimate of drug-likeness (QED) is 0.530. The van der Waals surface area contributed by atoms with Crippen LogP contribution in [0.2, 0.25) is 6.32 Å². The molecule has 2 rings (SSSR count). The number of hydrogen-bond donors (Lipinski definition) is 1. The molecule has 1 saturated heterocycles. The molecule has 1 aliphatic heterocycles. The van der Waals surface area contributed by atoms with Crippen LogP contribution in [-0.4, -0.2) is 50.4 Å². The van der Waals surface area contributed by atoms with Gasteiger partial charge in [0.25, 0.3) is 0 Å². The van der Waals surface area contributed by atoms with Crippen LogP contribution in [0.25, 0.3) is 0 Å². The fourth-order valence-corrected chi connectivity index (χ4v) is 4.01. The average Bonchev–Trinajstić information content (AvgIpc) is 2.61. The Morgan fingerprint density at radius 1 is 1.31 bits per heavy atom. The van der Waals surface area contributed by atoms with Gasteiger partial charge in [0.2, 0.25) is 0 Å². The second-order valence-corrected chi connectivity index (χ2v) is 9.90. The largest absolute Gasteiger partial charge is 0.444 e. The zero-order chi connectivity index (χ0) is 21.7. The summed E-state index contributed by atoms with van der Waals surface area (Å²) in [5, 5.41) is 2.59. The first kappa shape index (κ1) is 23.5. The number of carbonyl (C=O) groups excluding carboxylic acids is 2. The van der Waals surface area contributed by atoms with Crippen molar-refractivity contribution in [2.75, 3.05) is 13.0 Å². The van der Waals surface area contributed by atoms with E-state index in [1.165, 1.54) is 6.92 Å². The van der Waals surface area contributed by atoms with E-state index in [0.717, 1.165) is 11.9 Å². The Bertz CT molecular complexity index is 751. The smallest absolute Gasteiger partial charge is 0.408 e. The van der Waals surface area contributed by atoms with E-state index in [-0.39, 0.29) is 24.8 Å². The van der Waals surface area contributed by atoms with Gasteiger partial charge in [-0.3, -0.25) is 9.32 Å². The van der Waals surface area contributed by atoms with Gasteiger partial charge in [-0.1, -0.05) is 18.5 Å². The van der Waals surface area contributed by atoms with Gasteiger partial charge in [0.1, 0.15) is 19.2 Å². The second kappa shape index (κ2) is 9.78. The molecule has 0 radical (unpaired) electrons. The molecule has 0 spiro atoms. The molecule has 29 heavy (non-hydrogen) atoms. The lowest BCUT2D eigenvalue weighted by molar-refractivity contribution is -0.119. The van der Waals surface area contributed by atoms with Gasteiger partial charge in [0.15, 0.2) is 12.1 Å². The van der Waals surface area contributed by atoms with Gasteiger partial charge in [0, 0.05) is 0 Å². The number of Topliss-reactive ketones (excluding diaryl/α,β-unsaturated/α-hetero) is 1. The van der Waals surface area contributed by atoms with E-state index in [9.17, 15) is 14.2 Å². The summed E-state index contributed by atoms with van der Waals surface area (Å²) in [6.45, 7) is 6.91. The summed E-state index contributed by atoms with van der Waals surface area (Å²) in [5.41, 5.74) is 0.155. The molecule has 3 atom stereocenters. The minimum Gasteiger partial charge on any atom is -0.444 e. The van der Waals surface area contributed by atoms with E-state index in [0.29, 0.717) is 12.2 Å². The van der Waals surface area contributed by atoms with Crippen molar-refractivity contribution in [1.82, 2.24) is 5.32 Å². The van der Waals surface area contributed by atoms with Gasteiger partial charge >= 0.3 is 13.7 Å². The molecule has 1 aromatic rings. The number of ether oxygens (including phenoxy) is 2. The first-order valence-electron chi connectivity index (χ1n) is 9.63. The van der Waals surface area contributed by atoms with Gasteiger partial charge in [-0.15, -0.1) is 0 Å². The van der Waals surface area contributed by atoms with Gasteiger partial charge in [-0.05, 0) is 51.8 Å². The third-order valence-corrected chi connectivity index (χ3v) is 5.67. The molecule has 1 heterocycles. The molecule has 10 heteroatoms. The SMILES string of the molecule is BC[C@H]1COP(=O)(Oc2ccc(C[C@H](NC(=O)OC(C)(C)C)C(C)=O)cc2)CO1. The van der Waals surface area contributed by atoms with E-state index in [4.69, 9.17) is 18.5 Å². The van der Waals surface area contributed by atoms with Crippen LogP contribution in [0.15, 0.2) is 24.3 Å². The first-order chi connectivity index (χ1) is 13.5. The molecular weight excluding hydrogens is 396 g/mol. The summed E-state index contributed by atoms with van der Waals surface area (Å²) >= 11 is 0. The molecule has 0 aliphatic carbocycles. The number of alkyl carbamates (subject to hydrolysis) is 1. The van der Waals surface area contributed by atoms with Crippen LogP contribution in [0, 0.1) is 0 Å². The number of carbonyl (C=O) groups is 2. The predicted molar refractivity (Wildman–Crippen MR) is 111 cm³/mol. The molecule has 1 N–H and O–H groups in total. The Hall–Kier alpha value is -1.83. The predicted octanol–water partition coefficient (Wildman–Crippen LogP) is 2.71. The third kappa shape index (κ3) is 7.84. The maximum atomic E-state index is 12.6. The molecule has 160 valence electrons. The molecule has 1 aromatic carbocycles. The summed E-state index contributed by atoms with van der Waals surface area (Å²) in [6.07, 6.45) is 0.284. The van der Waals surface area contributed by atoms with Crippen LogP contribution in [0.5, 0.6) is 5.75 Å². The van der Waals surface area contributed by atoms with Crippen molar-refractivity contribution in [3.8, 4) is 5.75 Å². The monoisotopic (exact) mass is 425 g/mol. The van der Waals surface area contributed by atoms with Crippen molar-refractivity contribution in [3.05, 3.63) is 29.8 Å². The van der Waals surface area contributed by atoms with Crippen molar-refractivity contribution in [1.29, 1.82) is 0 Å². The number of nitrogens with one attached hydrogen (secondary N) is 1. The van der Waals surface area contributed by atoms with E-state index in [2.05, 4.69) is 5.32 Å². The van der Waals surface area contributed by atoms with Crippen LogP contribution in [0.4, 0.5) is 4.79 Å². The summed E-state index contributed by atoms with van der Waals surface area (Å²) in [5.74, 6) is 0.203. The van der Waals surface area contributed by atoms with E-state index < -0.39 is 25.3 Å². The number of benzene rings is 1. The van der Waals surface area contributed by atoms with E-state index >= 15 is 0 Å². The lowest BCUT2D eigenvalue weighted by atomic mass is 10.0. The Kier molecular flexibility index (Phi) is 7.91. The molecule has 0 aromatic heterocycles. The molecule has 0 saturated carbocycles. The Morgan fingerprint density at radius 3 is 2.45 bits per heavy atom. The lowest BCUT2D eigenvalue weighted by Crippen LogP contribution is -2.43. The molecule has 1 amide bonds. The average molecular weight is 425 g/mol. The van der Waals surface area contributed by atoms with Gasteiger partial charge in [-0.25, -0.2) is 9.36 Å². The summed E-state index contributed by atoms with van der Waals surface area (Å²) in [6, 6.07) is 6.07. The number of hydrogen-bond acceptors (Lipinski definition) is 7. The van der Waals surface area contributed by atoms with Crippen LogP contribution in [-0.2, 0) is 29.8 Å². The van der Waals surface area contributed by atoms with Gasteiger partial charge < -0.3 is 19.3 Å². The summed E-state index contributed by atoms with van der Waals surface area (Å²) in [4.78, 5) is 23.9. The fourth-order valence-electron chi connectivity index (χ4n) is 2.60. The zero-order valence-corrected chi connectivity index (χ0v) is 18.5. The maximum absolute atomic E-state index is 12.6. The number of amides is 1. The first-order valence-corrected chi connectivity index (χ1v) is 11.4. The van der Waals surface area contributed by atoms with E-state index in [1.807, 2.05) is 7.85 Å². The molecule has 8 nitrogen and oxygen atoms in total. The molecular formula is C19H29BNO7P. The molecule has 1 fully saturated rings. The van der Waals surface area contributed by atoms with Gasteiger partial charge in [-0.2, -0.15) is 0 Å². The van der Waals surface area contributed by atoms with Crippen LogP contribution in [0.3, 0.4) is 0 Å². The molecule has 1 aliphatic rings. The van der Waals surface area contributed by atoms with Crippen molar-refractivity contribution in [3.63, 3.8) is 0 Å². The number of rotatable bonds is 7. The maximum Gasteiger partial charge on any atom is 0.408 e. The van der Waals surface area contributed by atoms with E-state index in [1.54, 1.807) is 45.0 Å². The summed E-state index contributed by atoms with van der Waals surface area (Å²) in [7, 11) is -1.36. The van der Waals surface area contributed by atoms with Crippen molar-refractivity contribution in [2.24, 2.45) is 0 Å². The molecule has 1 unspecified atom stereocenters. The highest BCUT2D eigenvalue weighted by Gasteiger charge is 2.33. The normalized spacial score (nSPS) is 23.1. The van der Waals surface area contributed by atoms with Crippen LogP contribution >= 0.6 is 7.60 Å². The highest BCUT2D eigenvalue weighted by Crippen LogP contribution is 2.51. The van der Waals surface area contributed by atoms with Crippen molar-refractivity contribution >= 4 is 27.3 Å². The topological polar surface area (TPSA) is 100 Å². The minimum atomic E-state index is -3.33. The Balaban J connectivity index is 1.95. The third-order valence-electron chi connectivity index (χ3n) is 4.17.